The first kappa shape index (κ1) is 17.4. The van der Waals surface area contributed by atoms with Crippen LogP contribution in [0.4, 0.5) is 0 Å². The molecular formula is C17H28N2O2S. The van der Waals surface area contributed by atoms with Gasteiger partial charge in [0.2, 0.25) is 0 Å². The zero-order valence-corrected chi connectivity index (χ0v) is 15.2. The first-order valence-corrected chi connectivity index (χ1v) is 8.82. The van der Waals surface area contributed by atoms with Crippen LogP contribution in [0, 0.1) is 19.8 Å². The monoisotopic (exact) mass is 324 g/mol. The highest BCUT2D eigenvalue weighted by atomic mass is 32.1. The predicted octanol–water partition coefficient (Wildman–Crippen LogP) is 2.79. The quantitative estimate of drug-likeness (QED) is 0.854. The second-order valence-electron chi connectivity index (χ2n) is 6.52. The lowest BCUT2D eigenvalue weighted by Gasteiger charge is -2.32. The van der Waals surface area contributed by atoms with Crippen molar-refractivity contribution in [2.24, 2.45) is 5.92 Å². The number of ether oxygens (including phenoxy) is 1. The van der Waals surface area contributed by atoms with E-state index in [0.29, 0.717) is 19.1 Å². The summed E-state index contributed by atoms with van der Waals surface area (Å²) in [7, 11) is 4.17. The minimum absolute atomic E-state index is 0.161. The zero-order chi connectivity index (χ0) is 16.3. The second kappa shape index (κ2) is 7.57. The first-order chi connectivity index (χ1) is 10.4. The van der Waals surface area contributed by atoms with Crippen molar-refractivity contribution in [2.75, 3.05) is 40.4 Å². The molecule has 1 amide bonds. The fourth-order valence-corrected chi connectivity index (χ4v) is 3.84. The Kier molecular flexibility index (Phi) is 6.01. The van der Waals surface area contributed by atoms with Gasteiger partial charge in [0.05, 0.1) is 18.1 Å². The maximum atomic E-state index is 12.9. The third-order valence-electron chi connectivity index (χ3n) is 4.57. The van der Waals surface area contributed by atoms with E-state index in [1.165, 1.54) is 10.4 Å². The summed E-state index contributed by atoms with van der Waals surface area (Å²) < 4.78 is 5.75. The molecule has 4 nitrogen and oxygen atoms in total. The van der Waals surface area contributed by atoms with Gasteiger partial charge in [0, 0.05) is 23.4 Å². The molecule has 1 aliphatic heterocycles. The first-order valence-electron chi connectivity index (χ1n) is 8.00. The number of carbonyl (C=O) groups excluding carboxylic acids is 1. The molecule has 0 N–H and O–H groups in total. The Labute approximate surface area is 138 Å². The molecular weight excluding hydrogens is 296 g/mol. The van der Waals surface area contributed by atoms with Crippen LogP contribution in [0.3, 0.4) is 0 Å². The van der Waals surface area contributed by atoms with Gasteiger partial charge in [-0.25, -0.2) is 0 Å². The maximum absolute atomic E-state index is 12.9. The van der Waals surface area contributed by atoms with Crippen LogP contribution in [-0.4, -0.2) is 62.1 Å². The topological polar surface area (TPSA) is 32.8 Å². The van der Waals surface area contributed by atoms with Crippen LogP contribution >= 0.6 is 11.3 Å². The average Bonchev–Trinajstić information content (AvgIpc) is 2.69. The average molecular weight is 324 g/mol. The highest BCUT2D eigenvalue weighted by molar-refractivity contribution is 7.14. The number of nitrogens with zero attached hydrogens (tertiary/aromatic N) is 2. The van der Waals surface area contributed by atoms with Gasteiger partial charge in [-0.3, -0.25) is 4.79 Å². The molecule has 0 saturated carbocycles. The van der Waals surface area contributed by atoms with E-state index in [2.05, 4.69) is 39.8 Å². The number of aryl methyl sites for hydroxylation is 2. The molecule has 1 aromatic rings. The van der Waals surface area contributed by atoms with Crippen LogP contribution in [-0.2, 0) is 4.74 Å². The second-order valence-corrected chi connectivity index (χ2v) is 7.77. The lowest BCUT2D eigenvalue weighted by molar-refractivity contribution is 0.0659. The Hall–Kier alpha value is -0.910. The summed E-state index contributed by atoms with van der Waals surface area (Å²) in [4.78, 5) is 19.2. The SMILES string of the molecule is Cc1cc(C(=O)N2CCOC[C@@H](CCN(C)C)[C@@H]2C)sc1C. The van der Waals surface area contributed by atoms with Crippen molar-refractivity contribution in [2.45, 2.75) is 33.2 Å². The van der Waals surface area contributed by atoms with Crippen molar-refractivity contribution in [3.05, 3.63) is 21.4 Å². The number of carbonyl (C=O) groups is 1. The Morgan fingerprint density at radius 2 is 2.18 bits per heavy atom. The highest BCUT2D eigenvalue weighted by Gasteiger charge is 2.31. The van der Waals surface area contributed by atoms with Gasteiger partial charge in [0.1, 0.15) is 0 Å². The Morgan fingerprint density at radius 3 is 2.77 bits per heavy atom. The highest BCUT2D eigenvalue weighted by Crippen LogP contribution is 2.26. The summed E-state index contributed by atoms with van der Waals surface area (Å²) in [6, 6.07) is 2.24. The number of rotatable bonds is 4. The van der Waals surface area contributed by atoms with Gasteiger partial charge >= 0.3 is 0 Å². The Bertz CT molecular complexity index is 493. The normalized spacial score (nSPS) is 22.9. The van der Waals surface area contributed by atoms with Crippen molar-refractivity contribution in [1.29, 1.82) is 0 Å². The van der Waals surface area contributed by atoms with Crippen molar-refractivity contribution in [3.8, 4) is 0 Å². The number of thiophene rings is 1. The standard InChI is InChI=1S/C17H28N2O2S/c1-12-10-16(22-14(12)3)17(20)19-8-9-21-11-15(13(19)2)6-7-18(4)5/h10,13,15H,6-9,11H2,1-5H3/t13-,15+/m0/s1. The van der Waals surface area contributed by atoms with Crippen LogP contribution < -0.4 is 0 Å². The van der Waals surface area contributed by atoms with E-state index in [0.717, 1.165) is 24.4 Å². The van der Waals surface area contributed by atoms with Gasteiger partial charge in [0.15, 0.2) is 0 Å². The molecule has 22 heavy (non-hydrogen) atoms. The number of amides is 1. The number of hydrogen-bond acceptors (Lipinski definition) is 4. The molecule has 0 unspecified atom stereocenters. The van der Waals surface area contributed by atoms with E-state index in [1.807, 2.05) is 11.0 Å². The minimum atomic E-state index is 0.161. The van der Waals surface area contributed by atoms with Gasteiger partial charge in [-0.15, -0.1) is 11.3 Å². The van der Waals surface area contributed by atoms with Gasteiger partial charge in [0.25, 0.3) is 5.91 Å². The summed E-state index contributed by atoms with van der Waals surface area (Å²) in [5, 5.41) is 0. The van der Waals surface area contributed by atoms with Crippen molar-refractivity contribution >= 4 is 17.2 Å². The molecule has 1 aliphatic rings. The fraction of sp³-hybridized carbons (Fsp3) is 0.706. The summed E-state index contributed by atoms with van der Waals surface area (Å²) >= 11 is 1.60. The van der Waals surface area contributed by atoms with Crippen LogP contribution in [0.15, 0.2) is 6.07 Å². The van der Waals surface area contributed by atoms with Gasteiger partial charge in [-0.2, -0.15) is 0 Å². The lowest BCUT2D eigenvalue weighted by Crippen LogP contribution is -2.43. The van der Waals surface area contributed by atoms with Crippen LogP contribution in [0.25, 0.3) is 0 Å². The third-order valence-corrected chi connectivity index (χ3v) is 5.71. The smallest absolute Gasteiger partial charge is 0.264 e. The van der Waals surface area contributed by atoms with E-state index in [9.17, 15) is 4.79 Å². The molecule has 1 fully saturated rings. The van der Waals surface area contributed by atoms with Crippen LogP contribution in [0.2, 0.25) is 0 Å². The van der Waals surface area contributed by atoms with E-state index in [1.54, 1.807) is 11.3 Å². The van der Waals surface area contributed by atoms with Crippen molar-refractivity contribution < 1.29 is 9.53 Å². The van der Waals surface area contributed by atoms with Crippen molar-refractivity contribution in [3.63, 3.8) is 0 Å². The zero-order valence-electron chi connectivity index (χ0n) is 14.4. The van der Waals surface area contributed by atoms with E-state index >= 15 is 0 Å². The molecule has 0 aromatic carbocycles. The Balaban J connectivity index is 2.11. The van der Waals surface area contributed by atoms with Gasteiger partial charge in [-0.05, 0) is 59.5 Å². The van der Waals surface area contributed by atoms with Gasteiger partial charge in [-0.1, -0.05) is 0 Å². The predicted molar refractivity (Wildman–Crippen MR) is 91.8 cm³/mol. The van der Waals surface area contributed by atoms with Crippen LogP contribution in [0.1, 0.15) is 33.5 Å². The molecule has 5 heteroatoms. The molecule has 0 radical (unpaired) electrons. The molecule has 124 valence electrons. The fourth-order valence-electron chi connectivity index (χ4n) is 2.85. The van der Waals surface area contributed by atoms with E-state index < -0.39 is 0 Å². The summed E-state index contributed by atoms with van der Waals surface area (Å²) in [6.07, 6.45) is 1.06. The summed E-state index contributed by atoms with van der Waals surface area (Å²) in [5.74, 6) is 0.560. The maximum Gasteiger partial charge on any atom is 0.264 e. The largest absolute Gasteiger partial charge is 0.379 e. The molecule has 2 rings (SSSR count). The van der Waals surface area contributed by atoms with Crippen LogP contribution in [0.5, 0.6) is 0 Å². The molecule has 1 aromatic heterocycles. The molecule has 1 saturated heterocycles. The number of hydrogen-bond donors (Lipinski definition) is 0. The molecule has 2 atom stereocenters. The molecule has 0 aliphatic carbocycles. The summed E-state index contributed by atoms with van der Waals surface area (Å²) in [6.45, 7) is 9.41. The molecule has 0 bridgehead atoms. The minimum Gasteiger partial charge on any atom is -0.379 e. The third kappa shape index (κ3) is 4.09. The molecule has 0 spiro atoms. The lowest BCUT2D eigenvalue weighted by atomic mass is 9.96. The summed E-state index contributed by atoms with van der Waals surface area (Å²) in [5.41, 5.74) is 1.20. The molecule has 2 heterocycles. The van der Waals surface area contributed by atoms with E-state index in [-0.39, 0.29) is 11.9 Å². The van der Waals surface area contributed by atoms with E-state index in [4.69, 9.17) is 4.74 Å². The Morgan fingerprint density at radius 1 is 1.45 bits per heavy atom. The van der Waals surface area contributed by atoms with Crippen molar-refractivity contribution in [1.82, 2.24) is 9.80 Å². The van der Waals surface area contributed by atoms with Gasteiger partial charge < -0.3 is 14.5 Å².